The van der Waals surface area contributed by atoms with Crippen LogP contribution in [-0.4, -0.2) is 45.5 Å². The molecule has 3 rings (SSSR count). The summed E-state index contributed by atoms with van der Waals surface area (Å²) in [4.78, 5) is 17.4. The Morgan fingerprint density at radius 2 is 2.18 bits per heavy atom. The van der Waals surface area contributed by atoms with E-state index in [-0.39, 0.29) is 18.8 Å². The van der Waals surface area contributed by atoms with E-state index >= 15 is 0 Å². The third-order valence-electron chi connectivity index (χ3n) is 4.16. The number of carbonyl (C=O) groups is 1. The molecule has 1 aliphatic heterocycles. The lowest BCUT2D eigenvalue weighted by Gasteiger charge is -2.32. The largest absolute Gasteiger partial charge is 0.573 e. The predicted octanol–water partition coefficient (Wildman–Crippen LogP) is 2.99. The number of nitriles is 1. The van der Waals surface area contributed by atoms with Crippen LogP contribution in [0.5, 0.6) is 5.75 Å². The smallest absolute Gasteiger partial charge is 0.406 e. The average molecular weight is 397 g/mol. The Kier molecular flexibility index (Phi) is 5.13. The number of ether oxygens (including phenoxy) is 1. The van der Waals surface area contributed by atoms with E-state index in [2.05, 4.69) is 15.0 Å². The molecule has 1 aromatic heterocycles. The van der Waals surface area contributed by atoms with Gasteiger partial charge in [-0.25, -0.2) is 9.37 Å². The number of halogens is 4. The van der Waals surface area contributed by atoms with E-state index in [1.54, 1.807) is 0 Å². The number of imidazole rings is 1. The first kappa shape index (κ1) is 19.5. The van der Waals surface area contributed by atoms with Gasteiger partial charge in [0.15, 0.2) is 12.0 Å². The number of aromatic nitrogens is 2. The average Bonchev–Trinajstić information content (AvgIpc) is 3.09. The summed E-state index contributed by atoms with van der Waals surface area (Å²) in [7, 11) is 0. The molecule has 1 N–H and O–H groups in total. The van der Waals surface area contributed by atoms with E-state index in [4.69, 9.17) is 5.26 Å². The minimum atomic E-state index is -4.82. The predicted molar refractivity (Wildman–Crippen MR) is 89.1 cm³/mol. The van der Waals surface area contributed by atoms with Gasteiger partial charge in [-0.1, -0.05) is 6.07 Å². The molecule has 1 aliphatic rings. The molecule has 0 saturated carbocycles. The van der Waals surface area contributed by atoms with E-state index in [9.17, 15) is 22.4 Å². The highest BCUT2D eigenvalue weighted by molar-refractivity contribution is 5.96. The fourth-order valence-electron chi connectivity index (χ4n) is 2.88. The number of nitrogens with one attached hydrogen (secondary N) is 1. The zero-order valence-corrected chi connectivity index (χ0v) is 14.4. The molecule has 0 unspecified atom stereocenters. The first-order valence-corrected chi connectivity index (χ1v) is 8.24. The fourth-order valence-corrected chi connectivity index (χ4v) is 2.88. The van der Waals surface area contributed by atoms with E-state index < -0.39 is 23.7 Å². The number of piperidine rings is 1. The van der Waals surface area contributed by atoms with Crippen LogP contribution in [0.2, 0.25) is 0 Å². The molecule has 2 aromatic rings. The summed E-state index contributed by atoms with van der Waals surface area (Å²) >= 11 is 0. The maximum absolute atomic E-state index is 14.9. The summed E-state index contributed by atoms with van der Waals surface area (Å²) < 4.78 is 57.1. The Bertz CT molecular complexity index is 907. The second kappa shape index (κ2) is 7.38. The summed E-state index contributed by atoms with van der Waals surface area (Å²) in [6.07, 6.45) is -0.0620. The Labute approximate surface area is 157 Å². The van der Waals surface area contributed by atoms with E-state index in [0.717, 1.165) is 12.1 Å². The topological polar surface area (TPSA) is 83.2 Å². The van der Waals surface area contributed by atoms with Gasteiger partial charge in [0.2, 0.25) is 5.67 Å². The fraction of sp³-hybridized carbons (Fsp3) is 0.353. The molecular formula is C17H15F4N5O2. The number of amides is 1. The molecule has 148 valence electrons. The van der Waals surface area contributed by atoms with Gasteiger partial charge in [0, 0.05) is 12.6 Å². The van der Waals surface area contributed by atoms with Crippen molar-refractivity contribution in [2.75, 3.05) is 18.4 Å². The standard InChI is InChI=1S/C17H15F4N5O2/c18-16(5-2-6-25(9-16)10-22)15(27)24-14-8-26(11-23-14)12-3-1-4-13(7-12)28-17(19,20)21/h1,3-4,7-8,11H,2,5-6,9H2,(H,24,27)/t16-/m1/s1. The lowest BCUT2D eigenvalue weighted by atomic mass is 9.94. The number of benzene rings is 1. The number of nitrogens with zero attached hydrogens (tertiary/aromatic N) is 4. The van der Waals surface area contributed by atoms with Crippen molar-refractivity contribution in [1.82, 2.24) is 14.5 Å². The molecule has 1 fully saturated rings. The van der Waals surface area contributed by atoms with Crippen LogP contribution < -0.4 is 10.1 Å². The van der Waals surface area contributed by atoms with Crippen molar-refractivity contribution in [2.45, 2.75) is 24.9 Å². The molecule has 0 radical (unpaired) electrons. The number of hydrogen-bond donors (Lipinski definition) is 1. The zero-order valence-electron chi connectivity index (χ0n) is 14.4. The monoisotopic (exact) mass is 397 g/mol. The molecule has 7 nitrogen and oxygen atoms in total. The minimum Gasteiger partial charge on any atom is -0.406 e. The second-order valence-corrected chi connectivity index (χ2v) is 6.26. The first-order chi connectivity index (χ1) is 13.2. The first-order valence-electron chi connectivity index (χ1n) is 8.24. The molecule has 0 aliphatic carbocycles. The SMILES string of the molecule is N#CN1CCC[C@](F)(C(=O)Nc2cn(-c3cccc(OC(F)(F)F)c3)cn2)C1. The van der Waals surface area contributed by atoms with Crippen LogP contribution in [0.1, 0.15) is 12.8 Å². The van der Waals surface area contributed by atoms with Gasteiger partial charge in [0.25, 0.3) is 5.91 Å². The van der Waals surface area contributed by atoms with Gasteiger partial charge < -0.3 is 19.5 Å². The Hall–Kier alpha value is -3.29. The van der Waals surface area contributed by atoms with Crippen LogP contribution in [0.3, 0.4) is 0 Å². The number of carbonyl (C=O) groups excluding carboxylic acids is 1. The van der Waals surface area contributed by atoms with Crippen molar-refractivity contribution in [1.29, 1.82) is 5.26 Å². The highest BCUT2D eigenvalue weighted by Crippen LogP contribution is 2.27. The number of alkyl halides is 4. The minimum absolute atomic E-state index is 0.0193. The third-order valence-corrected chi connectivity index (χ3v) is 4.16. The van der Waals surface area contributed by atoms with Crippen molar-refractivity contribution >= 4 is 11.7 Å². The van der Waals surface area contributed by atoms with Gasteiger partial charge in [-0.15, -0.1) is 13.2 Å². The summed E-state index contributed by atoms with van der Waals surface area (Å²) in [6.45, 7) is 0.0489. The molecular weight excluding hydrogens is 382 g/mol. The van der Waals surface area contributed by atoms with Gasteiger partial charge in [0.1, 0.15) is 12.1 Å². The normalized spacial score (nSPS) is 19.8. The van der Waals surface area contributed by atoms with Gasteiger partial charge in [-0.05, 0) is 25.0 Å². The molecule has 1 amide bonds. The summed E-state index contributed by atoms with van der Waals surface area (Å²) in [5.74, 6) is -1.31. The molecule has 1 saturated heterocycles. The summed E-state index contributed by atoms with van der Waals surface area (Å²) in [5, 5.41) is 11.2. The van der Waals surface area contributed by atoms with E-state index in [1.807, 2.05) is 6.19 Å². The number of anilines is 1. The number of likely N-dealkylation sites (tertiary alicyclic amines) is 1. The maximum Gasteiger partial charge on any atom is 0.573 e. The Morgan fingerprint density at radius 3 is 2.89 bits per heavy atom. The Balaban J connectivity index is 1.72. The molecule has 28 heavy (non-hydrogen) atoms. The molecule has 11 heteroatoms. The quantitative estimate of drug-likeness (QED) is 0.634. The van der Waals surface area contributed by atoms with Crippen molar-refractivity contribution in [2.24, 2.45) is 0 Å². The van der Waals surface area contributed by atoms with Crippen LogP contribution in [0, 0.1) is 11.5 Å². The zero-order chi connectivity index (χ0) is 20.4. The van der Waals surface area contributed by atoms with E-state index in [1.165, 1.54) is 34.1 Å². The number of rotatable bonds is 4. The molecule has 0 bridgehead atoms. The molecule has 0 spiro atoms. The van der Waals surface area contributed by atoms with Crippen molar-refractivity contribution in [3.63, 3.8) is 0 Å². The van der Waals surface area contributed by atoms with Crippen LogP contribution in [0.25, 0.3) is 5.69 Å². The lowest BCUT2D eigenvalue weighted by molar-refractivity contribution is -0.274. The van der Waals surface area contributed by atoms with E-state index in [0.29, 0.717) is 18.7 Å². The maximum atomic E-state index is 14.9. The van der Waals surface area contributed by atoms with Gasteiger partial charge in [0.05, 0.1) is 18.4 Å². The van der Waals surface area contributed by atoms with Gasteiger partial charge >= 0.3 is 6.36 Å². The Morgan fingerprint density at radius 1 is 1.39 bits per heavy atom. The van der Waals surface area contributed by atoms with Crippen LogP contribution in [0.4, 0.5) is 23.4 Å². The van der Waals surface area contributed by atoms with Crippen molar-refractivity contribution in [3.05, 3.63) is 36.8 Å². The van der Waals surface area contributed by atoms with Gasteiger partial charge in [-0.2, -0.15) is 5.26 Å². The number of hydrogen-bond acceptors (Lipinski definition) is 5. The summed E-state index contributed by atoms with van der Waals surface area (Å²) in [5.41, 5.74) is -1.92. The van der Waals surface area contributed by atoms with Crippen molar-refractivity contribution < 1.29 is 27.1 Å². The summed E-state index contributed by atoms with van der Waals surface area (Å²) in [6, 6.07) is 5.17. The lowest BCUT2D eigenvalue weighted by Crippen LogP contribution is -2.51. The molecule has 2 heterocycles. The van der Waals surface area contributed by atoms with Crippen LogP contribution in [-0.2, 0) is 4.79 Å². The second-order valence-electron chi connectivity index (χ2n) is 6.26. The highest BCUT2D eigenvalue weighted by atomic mass is 19.4. The molecule has 1 atom stereocenters. The third kappa shape index (κ3) is 4.51. The molecule has 1 aromatic carbocycles. The van der Waals surface area contributed by atoms with Gasteiger partial charge in [-0.3, -0.25) is 4.79 Å². The van der Waals surface area contributed by atoms with Crippen LogP contribution in [0.15, 0.2) is 36.8 Å². The van der Waals surface area contributed by atoms with Crippen molar-refractivity contribution in [3.8, 4) is 17.6 Å². The van der Waals surface area contributed by atoms with Crippen LogP contribution >= 0.6 is 0 Å². The highest BCUT2D eigenvalue weighted by Gasteiger charge is 2.43.